The molecule has 0 radical (unpaired) electrons. The molecular formula is C16H21N3O. The molecule has 0 bridgehead atoms. The Labute approximate surface area is 120 Å². The molecule has 0 saturated carbocycles. The van der Waals surface area contributed by atoms with Gasteiger partial charge in [0.05, 0.1) is 18.1 Å². The van der Waals surface area contributed by atoms with E-state index in [1.807, 2.05) is 19.1 Å². The van der Waals surface area contributed by atoms with Gasteiger partial charge in [-0.2, -0.15) is 0 Å². The molecule has 20 heavy (non-hydrogen) atoms. The molecule has 0 fully saturated rings. The van der Waals surface area contributed by atoms with Crippen LogP contribution in [0.5, 0.6) is 5.75 Å². The Bertz CT molecular complexity index is 459. The molecule has 1 heterocycles. The highest BCUT2D eigenvalue weighted by atomic mass is 16.5. The van der Waals surface area contributed by atoms with E-state index in [1.54, 1.807) is 12.4 Å². The van der Waals surface area contributed by atoms with Crippen molar-refractivity contribution in [3.63, 3.8) is 0 Å². The van der Waals surface area contributed by atoms with E-state index in [2.05, 4.69) is 34.3 Å². The quantitative estimate of drug-likeness (QED) is 0.838. The SMILES string of the molecule is CCCc1ccc(OCc2cnc(NCC)cn2)cc1. The average molecular weight is 271 g/mol. The van der Waals surface area contributed by atoms with Gasteiger partial charge in [-0.3, -0.25) is 4.98 Å². The lowest BCUT2D eigenvalue weighted by molar-refractivity contribution is 0.300. The number of nitrogens with one attached hydrogen (secondary N) is 1. The van der Waals surface area contributed by atoms with E-state index in [0.717, 1.165) is 36.6 Å². The number of aryl methyl sites for hydroxylation is 1. The maximum absolute atomic E-state index is 5.70. The van der Waals surface area contributed by atoms with Crippen LogP contribution in [0.2, 0.25) is 0 Å². The number of aromatic nitrogens is 2. The van der Waals surface area contributed by atoms with E-state index in [1.165, 1.54) is 5.56 Å². The summed E-state index contributed by atoms with van der Waals surface area (Å²) >= 11 is 0. The summed E-state index contributed by atoms with van der Waals surface area (Å²) in [4.78, 5) is 8.57. The first-order chi connectivity index (χ1) is 9.81. The fraction of sp³-hybridized carbons (Fsp3) is 0.375. The maximum Gasteiger partial charge on any atom is 0.144 e. The molecule has 0 aliphatic heterocycles. The van der Waals surface area contributed by atoms with Gasteiger partial charge in [0, 0.05) is 6.54 Å². The van der Waals surface area contributed by atoms with Crippen LogP contribution in [-0.4, -0.2) is 16.5 Å². The fourth-order valence-corrected chi connectivity index (χ4v) is 1.90. The summed E-state index contributed by atoms with van der Waals surface area (Å²) < 4.78 is 5.70. The smallest absolute Gasteiger partial charge is 0.144 e. The second kappa shape index (κ2) is 7.48. The van der Waals surface area contributed by atoms with Crippen molar-refractivity contribution in [3.8, 4) is 5.75 Å². The monoisotopic (exact) mass is 271 g/mol. The largest absolute Gasteiger partial charge is 0.487 e. The highest BCUT2D eigenvalue weighted by Gasteiger charge is 1.99. The van der Waals surface area contributed by atoms with Crippen molar-refractivity contribution in [2.75, 3.05) is 11.9 Å². The maximum atomic E-state index is 5.70. The molecule has 1 aromatic carbocycles. The van der Waals surface area contributed by atoms with Gasteiger partial charge < -0.3 is 10.1 Å². The molecule has 0 spiro atoms. The normalized spacial score (nSPS) is 10.3. The van der Waals surface area contributed by atoms with Crippen molar-refractivity contribution >= 4 is 5.82 Å². The summed E-state index contributed by atoms with van der Waals surface area (Å²) in [5, 5.41) is 3.11. The third-order valence-electron chi connectivity index (χ3n) is 2.91. The van der Waals surface area contributed by atoms with Gasteiger partial charge in [0.15, 0.2) is 0 Å². The van der Waals surface area contributed by atoms with Gasteiger partial charge in [-0.25, -0.2) is 4.98 Å². The summed E-state index contributed by atoms with van der Waals surface area (Å²) in [6.45, 7) is 5.49. The van der Waals surface area contributed by atoms with Gasteiger partial charge >= 0.3 is 0 Å². The van der Waals surface area contributed by atoms with E-state index in [9.17, 15) is 0 Å². The predicted octanol–water partition coefficient (Wildman–Crippen LogP) is 3.44. The van der Waals surface area contributed by atoms with Crippen LogP contribution in [0.3, 0.4) is 0 Å². The third kappa shape index (κ3) is 4.23. The molecule has 0 aliphatic rings. The minimum Gasteiger partial charge on any atom is -0.487 e. The van der Waals surface area contributed by atoms with Gasteiger partial charge in [-0.15, -0.1) is 0 Å². The highest BCUT2D eigenvalue weighted by Crippen LogP contribution is 2.14. The topological polar surface area (TPSA) is 47.0 Å². The van der Waals surface area contributed by atoms with Crippen LogP contribution >= 0.6 is 0 Å². The Morgan fingerprint density at radius 2 is 1.85 bits per heavy atom. The third-order valence-corrected chi connectivity index (χ3v) is 2.91. The van der Waals surface area contributed by atoms with Crippen LogP contribution in [0.4, 0.5) is 5.82 Å². The first-order valence-corrected chi connectivity index (χ1v) is 7.08. The van der Waals surface area contributed by atoms with Crippen LogP contribution in [-0.2, 0) is 13.0 Å². The molecule has 0 amide bonds. The average Bonchev–Trinajstić information content (AvgIpc) is 2.49. The van der Waals surface area contributed by atoms with Crippen LogP contribution in [0, 0.1) is 0 Å². The van der Waals surface area contributed by atoms with Crippen LogP contribution < -0.4 is 10.1 Å². The molecule has 0 aliphatic carbocycles. The van der Waals surface area contributed by atoms with E-state index in [4.69, 9.17) is 4.74 Å². The Morgan fingerprint density at radius 3 is 2.45 bits per heavy atom. The predicted molar refractivity (Wildman–Crippen MR) is 81.0 cm³/mol. The second-order valence-electron chi connectivity index (χ2n) is 4.61. The minimum absolute atomic E-state index is 0.437. The number of anilines is 1. The van der Waals surface area contributed by atoms with E-state index < -0.39 is 0 Å². The lowest BCUT2D eigenvalue weighted by Gasteiger charge is -2.07. The molecule has 2 rings (SSSR count). The molecule has 1 N–H and O–H groups in total. The number of benzene rings is 1. The highest BCUT2D eigenvalue weighted by molar-refractivity contribution is 5.31. The van der Waals surface area contributed by atoms with Crippen molar-refractivity contribution in [1.82, 2.24) is 9.97 Å². The van der Waals surface area contributed by atoms with E-state index in [-0.39, 0.29) is 0 Å². The zero-order valence-corrected chi connectivity index (χ0v) is 12.1. The molecule has 2 aromatic rings. The molecule has 1 aromatic heterocycles. The Kier molecular flexibility index (Phi) is 5.35. The summed E-state index contributed by atoms with van der Waals surface area (Å²) in [7, 11) is 0. The van der Waals surface area contributed by atoms with Crippen molar-refractivity contribution in [3.05, 3.63) is 47.9 Å². The van der Waals surface area contributed by atoms with E-state index >= 15 is 0 Å². The van der Waals surface area contributed by atoms with Crippen molar-refractivity contribution in [2.45, 2.75) is 33.3 Å². The lowest BCUT2D eigenvalue weighted by Crippen LogP contribution is -2.03. The number of rotatable bonds is 7. The fourth-order valence-electron chi connectivity index (χ4n) is 1.90. The molecule has 106 valence electrons. The first-order valence-electron chi connectivity index (χ1n) is 7.08. The lowest BCUT2D eigenvalue weighted by atomic mass is 10.1. The Hall–Kier alpha value is -2.10. The van der Waals surface area contributed by atoms with Crippen molar-refractivity contribution in [2.24, 2.45) is 0 Å². The Morgan fingerprint density at radius 1 is 1.05 bits per heavy atom. The van der Waals surface area contributed by atoms with Crippen LogP contribution in [0.15, 0.2) is 36.7 Å². The van der Waals surface area contributed by atoms with Crippen LogP contribution in [0.1, 0.15) is 31.5 Å². The Balaban J connectivity index is 1.87. The molecular weight excluding hydrogens is 250 g/mol. The number of ether oxygens (including phenoxy) is 1. The zero-order chi connectivity index (χ0) is 14.2. The molecule has 0 atom stereocenters. The number of hydrogen-bond acceptors (Lipinski definition) is 4. The van der Waals surface area contributed by atoms with Gasteiger partial charge in [0.1, 0.15) is 18.2 Å². The standard InChI is InChI=1S/C16H21N3O/c1-3-5-13-6-8-15(9-7-13)20-12-14-10-19-16(11-18-14)17-4-2/h6-11H,3-5,12H2,1-2H3,(H,17,19). The van der Waals surface area contributed by atoms with Crippen molar-refractivity contribution < 1.29 is 4.74 Å². The van der Waals surface area contributed by atoms with Gasteiger partial charge in [-0.05, 0) is 31.0 Å². The molecule has 4 nitrogen and oxygen atoms in total. The number of hydrogen-bond donors (Lipinski definition) is 1. The summed E-state index contributed by atoms with van der Waals surface area (Å²) in [6, 6.07) is 8.23. The summed E-state index contributed by atoms with van der Waals surface area (Å²) in [5.74, 6) is 1.66. The van der Waals surface area contributed by atoms with Gasteiger partial charge in [0.25, 0.3) is 0 Å². The minimum atomic E-state index is 0.437. The second-order valence-corrected chi connectivity index (χ2v) is 4.61. The van der Waals surface area contributed by atoms with Gasteiger partial charge in [0.2, 0.25) is 0 Å². The van der Waals surface area contributed by atoms with Gasteiger partial charge in [-0.1, -0.05) is 25.5 Å². The molecule has 0 unspecified atom stereocenters. The number of nitrogens with zero attached hydrogens (tertiary/aromatic N) is 2. The molecule has 0 saturated heterocycles. The van der Waals surface area contributed by atoms with Crippen molar-refractivity contribution in [1.29, 1.82) is 0 Å². The molecule has 4 heteroatoms. The first kappa shape index (κ1) is 14.3. The summed E-state index contributed by atoms with van der Waals surface area (Å²) in [5.41, 5.74) is 2.17. The zero-order valence-electron chi connectivity index (χ0n) is 12.1. The van der Waals surface area contributed by atoms with Crippen LogP contribution in [0.25, 0.3) is 0 Å². The summed E-state index contributed by atoms with van der Waals surface area (Å²) in [6.07, 6.45) is 5.74. The van der Waals surface area contributed by atoms with E-state index in [0.29, 0.717) is 6.61 Å².